The van der Waals surface area contributed by atoms with Crippen molar-refractivity contribution in [1.82, 2.24) is 4.98 Å². The van der Waals surface area contributed by atoms with E-state index in [2.05, 4.69) is 26.2 Å². The van der Waals surface area contributed by atoms with Crippen LogP contribution in [0.25, 0.3) is 10.2 Å². The second-order valence-electron chi connectivity index (χ2n) is 5.32. The van der Waals surface area contributed by atoms with E-state index in [-0.39, 0.29) is 11.7 Å². The Hall–Kier alpha value is -2.05. The summed E-state index contributed by atoms with van der Waals surface area (Å²) in [7, 11) is 0. The van der Waals surface area contributed by atoms with Crippen molar-refractivity contribution in [2.45, 2.75) is 19.3 Å². The molecule has 1 heterocycles. The van der Waals surface area contributed by atoms with Gasteiger partial charge in [-0.3, -0.25) is 9.59 Å². The Balaban J connectivity index is 1.51. The van der Waals surface area contributed by atoms with E-state index in [9.17, 15) is 9.59 Å². The van der Waals surface area contributed by atoms with Crippen molar-refractivity contribution in [2.24, 2.45) is 0 Å². The minimum absolute atomic E-state index is 0.0632. The quantitative estimate of drug-likeness (QED) is 0.586. The molecule has 6 heteroatoms. The Morgan fingerprint density at radius 3 is 2.67 bits per heavy atom. The number of thiazole rings is 1. The number of anilines is 1. The smallest absolute Gasteiger partial charge is 0.226 e. The molecule has 0 spiro atoms. The van der Waals surface area contributed by atoms with Crippen LogP contribution in [0.4, 0.5) is 5.13 Å². The first-order chi connectivity index (χ1) is 11.6. The summed E-state index contributed by atoms with van der Waals surface area (Å²) in [5.41, 5.74) is 1.55. The number of ketones is 1. The van der Waals surface area contributed by atoms with Crippen LogP contribution in [0.3, 0.4) is 0 Å². The van der Waals surface area contributed by atoms with E-state index < -0.39 is 0 Å². The van der Waals surface area contributed by atoms with Crippen LogP contribution in [0.5, 0.6) is 0 Å². The molecule has 1 amide bonds. The van der Waals surface area contributed by atoms with Crippen LogP contribution < -0.4 is 5.32 Å². The topological polar surface area (TPSA) is 59.1 Å². The predicted molar refractivity (Wildman–Crippen MR) is 101 cm³/mol. The van der Waals surface area contributed by atoms with Gasteiger partial charge >= 0.3 is 0 Å². The number of hydrogen-bond donors (Lipinski definition) is 1. The van der Waals surface area contributed by atoms with E-state index >= 15 is 0 Å². The molecule has 0 atom stereocenters. The summed E-state index contributed by atoms with van der Waals surface area (Å²) in [6, 6.07) is 14.9. The van der Waals surface area contributed by atoms with Gasteiger partial charge in [-0.25, -0.2) is 4.98 Å². The first-order valence-electron chi connectivity index (χ1n) is 7.56. The van der Waals surface area contributed by atoms with Gasteiger partial charge in [-0.15, -0.1) is 0 Å². The molecule has 0 aliphatic heterocycles. The highest BCUT2D eigenvalue weighted by Gasteiger charge is 2.10. The molecule has 0 fully saturated rings. The molecular weight excluding hydrogens is 388 g/mol. The number of Topliss-reactive ketones (excluding diaryl/α,β-unsaturated/α-hetero) is 1. The number of aromatic nitrogens is 1. The Bertz CT molecular complexity index is 877. The normalized spacial score (nSPS) is 10.7. The summed E-state index contributed by atoms with van der Waals surface area (Å²) < 4.78 is 2.00. The lowest BCUT2D eigenvalue weighted by Crippen LogP contribution is -2.11. The standard InChI is InChI=1S/C18H15BrN2O2S/c19-13-9-10-14-16(11-13)24-18(20-14)21-17(23)8-4-7-15(22)12-5-2-1-3-6-12/h1-3,5-6,9-11H,4,7-8H2,(H,20,21,23). The van der Waals surface area contributed by atoms with E-state index in [0.717, 1.165) is 14.7 Å². The molecule has 1 aromatic heterocycles. The van der Waals surface area contributed by atoms with Gasteiger partial charge in [0.05, 0.1) is 10.2 Å². The third-order valence-corrected chi connectivity index (χ3v) is 4.93. The fraction of sp³-hybridized carbons (Fsp3) is 0.167. The van der Waals surface area contributed by atoms with Crippen LogP contribution in [0, 0.1) is 0 Å². The molecule has 0 saturated carbocycles. The van der Waals surface area contributed by atoms with Gasteiger partial charge in [-0.2, -0.15) is 0 Å². The fourth-order valence-electron chi connectivity index (χ4n) is 2.31. The van der Waals surface area contributed by atoms with E-state index in [0.29, 0.717) is 30.0 Å². The van der Waals surface area contributed by atoms with Gasteiger partial charge in [0, 0.05) is 22.9 Å². The first kappa shape index (κ1) is 16.8. The number of benzene rings is 2. The molecule has 4 nitrogen and oxygen atoms in total. The third-order valence-electron chi connectivity index (χ3n) is 3.50. The van der Waals surface area contributed by atoms with Crippen molar-refractivity contribution in [1.29, 1.82) is 0 Å². The zero-order chi connectivity index (χ0) is 16.9. The SMILES string of the molecule is O=C(CCCC(=O)c1ccccc1)Nc1nc2ccc(Br)cc2s1. The molecule has 3 aromatic rings. The summed E-state index contributed by atoms with van der Waals surface area (Å²) in [5, 5.41) is 3.39. The highest BCUT2D eigenvalue weighted by molar-refractivity contribution is 9.10. The number of carbonyl (C=O) groups excluding carboxylic acids is 2. The van der Waals surface area contributed by atoms with Crippen molar-refractivity contribution in [2.75, 3.05) is 5.32 Å². The maximum atomic E-state index is 12.0. The van der Waals surface area contributed by atoms with Crippen molar-refractivity contribution < 1.29 is 9.59 Å². The molecule has 0 unspecified atom stereocenters. The Morgan fingerprint density at radius 2 is 1.88 bits per heavy atom. The number of nitrogens with zero attached hydrogens (tertiary/aromatic N) is 1. The highest BCUT2D eigenvalue weighted by Crippen LogP contribution is 2.28. The van der Waals surface area contributed by atoms with Gasteiger partial charge in [-0.05, 0) is 24.6 Å². The fourth-order valence-corrected chi connectivity index (χ4v) is 3.75. The van der Waals surface area contributed by atoms with E-state index in [1.807, 2.05) is 36.4 Å². The molecule has 0 aliphatic carbocycles. The lowest BCUT2D eigenvalue weighted by Gasteiger charge is -2.02. The second kappa shape index (κ2) is 7.68. The molecule has 2 aromatic carbocycles. The number of halogens is 1. The van der Waals surface area contributed by atoms with Crippen LogP contribution in [0.15, 0.2) is 53.0 Å². The minimum atomic E-state index is -0.117. The van der Waals surface area contributed by atoms with Crippen molar-refractivity contribution in [3.63, 3.8) is 0 Å². The lowest BCUT2D eigenvalue weighted by molar-refractivity contribution is -0.116. The maximum Gasteiger partial charge on any atom is 0.226 e. The third kappa shape index (κ3) is 4.27. The largest absolute Gasteiger partial charge is 0.302 e. The van der Waals surface area contributed by atoms with Crippen LogP contribution >= 0.6 is 27.3 Å². The molecule has 0 radical (unpaired) electrons. The Morgan fingerprint density at radius 1 is 1.08 bits per heavy atom. The van der Waals surface area contributed by atoms with Gasteiger partial charge < -0.3 is 5.32 Å². The van der Waals surface area contributed by atoms with Gasteiger partial charge in [-0.1, -0.05) is 57.6 Å². The summed E-state index contributed by atoms with van der Waals surface area (Å²) in [4.78, 5) is 28.4. The van der Waals surface area contributed by atoms with Crippen molar-refractivity contribution in [3.8, 4) is 0 Å². The lowest BCUT2D eigenvalue weighted by atomic mass is 10.1. The minimum Gasteiger partial charge on any atom is -0.302 e. The van der Waals surface area contributed by atoms with Crippen molar-refractivity contribution >= 4 is 54.3 Å². The number of rotatable bonds is 6. The van der Waals surface area contributed by atoms with E-state index in [4.69, 9.17) is 0 Å². The molecule has 1 N–H and O–H groups in total. The van der Waals surface area contributed by atoms with Crippen LogP contribution in [0.2, 0.25) is 0 Å². The van der Waals surface area contributed by atoms with Gasteiger partial charge in [0.15, 0.2) is 10.9 Å². The van der Waals surface area contributed by atoms with Gasteiger partial charge in [0.25, 0.3) is 0 Å². The van der Waals surface area contributed by atoms with E-state index in [1.165, 1.54) is 11.3 Å². The molecule has 24 heavy (non-hydrogen) atoms. The number of carbonyl (C=O) groups is 2. The average Bonchev–Trinajstić information content (AvgIpc) is 2.96. The summed E-state index contributed by atoms with van der Waals surface area (Å²) in [6.45, 7) is 0. The molecule has 0 bridgehead atoms. The average molecular weight is 403 g/mol. The van der Waals surface area contributed by atoms with Crippen LogP contribution in [-0.4, -0.2) is 16.7 Å². The summed E-state index contributed by atoms with van der Waals surface area (Å²) in [5.74, 6) is -0.0535. The first-order valence-corrected chi connectivity index (χ1v) is 9.17. The van der Waals surface area contributed by atoms with E-state index in [1.54, 1.807) is 12.1 Å². The molecular formula is C18H15BrN2O2S. The Labute approximate surface area is 152 Å². The second-order valence-corrected chi connectivity index (χ2v) is 7.27. The Kier molecular flexibility index (Phi) is 5.37. The zero-order valence-electron chi connectivity index (χ0n) is 12.8. The van der Waals surface area contributed by atoms with Crippen LogP contribution in [-0.2, 0) is 4.79 Å². The zero-order valence-corrected chi connectivity index (χ0v) is 15.2. The molecule has 0 aliphatic rings. The maximum absolute atomic E-state index is 12.0. The van der Waals surface area contributed by atoms with Crippen LogP contribution in [0.1, 0.15) is 29.6 Å². The van der Waals surface area contributed by atoms with Gasteiger partial charge in [0.1, 0.15) is 0 Å². The monoisotopic (exact) mass is 402 g/mol. The molecule has 122 valence electrons. The number of nitrogens with one attached hydrogen (secondary N) is 1. The molecule has 0 saturated heterocycles. The number of hydrogen-bond acceptors (Lipinski definition) is 4. The highest BCUT2D eigenvalue weighted by atomic mass is 79.9. The predicted octanol–water partition coefficient (Wildman–Crippen LogP) is 5.05. The van der Waals surface area contributed by atoms with Crippen molar-refractivity contribution in [3.05, 3.63) is 58.6 Å². The van der Waals surface area contributed by atoms with Gasteiger partial charge in [0.2, 0.25) is 5.91 Å². The summed E-state index contributed by atoms with van der Waals surface area (Å²) >= 11 is 4.86. The number of amides is 1. The number of fused-ring (bicyclic) bond motifs is 1. The summed E-state index contributed by atoms with van der Waals surface area (Å²) in [6.07, 6.45) is 1.19. The molecule has 3 rings (SSSR count).